The molecule has 0 bridgehead atoms. The van der Waals surface area contributed by atoms with Crippen molar-refractivity contribution in [2.45, 2.75) is 18.9 Å². The molecular formula is C12H15BrN2O2. The van der Waals surface area contributed by atoms with Gasteiger partial charge >= 0.3 is 0 Å². The van der Waals surface area contributed by atoms with Gasteiger partial charge in [-0.2, -0.15) is 0 Å². The predicted molar refractivity (Wildman–Crippen MR) is 69.7 cm³/mol. The van der Waals surface area contributed by atoms with E-state index >= 15 is 0 Å². The summed E-state index contributed by atoms with van der Waals surface area (Å²) in [6, 6.07) is 5.19. The van der Waals surface area contributed by atoms with Crippen LogP contribution in [0.4, 0.5) is 5.69 Å². The number of carbonyl (C=O) groups excluding carboxylic acids is 1. The molecular weight excluding hydrogens is 284 g/mol. The molecule has 1 saturated heterocycles. The Morgan fingerprint density at radius 1 is 1.59 bits per heavy atom. The summed E-state index contributed by atoms with van der Waals surface area (Å²) in [4.78, 5) is 14.0. The van der Waals surface area contributed by atoms with E-state index in [-0.39, 0.29) is 18.6 Å². The minimum absolute atomic E-state index is 0.0195. The maximum absolute atomic E-state index is 12.3. The van der Waals surface area contributed by atoms with Gasteiger partial charge in [0, 0.05) is 12.2 Å². The number of halogens is 1. The number of nitrogen functional groups attached to an aromatic ring is 1. The fourth-order valence-electron chi connectivity index (χ4n) is 2.16. The molecule has 0 aliphatic carbocycles. The first kappa shape index (κ1) is 12.4. The number of hydrogen-bond donors (Lipinski definition) is 2. The zero-order chi connectivity index (χ0) is 12.4. The quantitative estimate of drug-likeness (QED) is 0.816. The molecule has 4 nitrogen and oxygen atoms in total. The van der Waals surface area contributed by atoms with Crippen molar-refractivity contribution in [2.24, 2.45) is 0 Å². The summed E-state index contributed by atoms with van der Waals surface area (Å²) < 4.78 is 0.633. The van der Waals surface area contributed by atoms with Gasteiger partial charge in [0.2, 0.25) is 0 Å². The zero-order valence-corrected chi connectivity index (χ0v) is 11.0. The molecule has 1 fully saturated rings. The Balaban J connectivity index is 2.28. The number of carbonyl (C=O) groups is 1. The van der Waals surface area contributed by atoms with Crippen molar-refractivity contribution in [3.63, 3.8) is 0 Å². The van der Waals surface area contributed by atoms with Crippen molar-refractivity contribution < 1.29 is 9.90 Å². The molecule has 1 atom stereocenters. The van der Waals surface area contributed by atoms with Gasteiger partial charge in [0.15, 0.2) is 0 Å². The molecule has 5 heteroatoms. The summed E-state index contributed by atoms with van der Waals surface area (Å²) in [6.07, 6.45) is 1.80. The van der Waals surface area contributed by atoms with Gasteiger partial charge in [-0.25, -0.2) is 0 Å². The van der Waals surface area contributed by atoms with Crippen LogP contribution < -0.4 is 5.73 Å². The van der Waals surface area contributed by atoms with Gasteiger partial charge in [0.1, 0.15) is 0 Å². The van der Waals surface area contributed by atoms with E-state index in [4.69, 9.17) is 5.73 Å². The van der Waals surface area contributed by atoms with Crippen LogP contribution in [0.3, 0.4) is 0 Å². The van der Waals surface area contributed by atoms with Crippen LogP contribution in [0.2, 0.25) is 0 Å². The van der Waals surface area contributed by atoms with E-state index in [1.807, 2.05) is 0 Å². The molecule has 17 heavy (non-hydrogen) atoms. The Bertz CT molecular complexity index is 437. The van der Waals surface area contributed by atoms with Crippen LogP contribution >= 0.6 is 15.9 Å². The third-order valence-corrected chi connectivity index (χ3v) is 3.99. The second kappa shape index (κ2) is 5.06. The number of anilines is 1. The van der Waals surface area contributed by atoms with Gasteiger partial charge in [-0.15, -0.1) is 0 Å². The van der Waals surface area contributed by atoms with Crippen molar-refractivity contribution in [1.82, 2.24) is 4.90 Å². The third-order valence-electron chi connectivity index (χ3n) is 3.11. The molecule has 0 radical (unpaired) electrons. The first-order valence-electron chi connectivity index (χ1n) is 5.61. The highest BCUT2D eigenvalue weighted by Crippen LogP contribution is 2.27. The minimum Gasteiger partial charge on any atom is -0.398 e. The maximum atomic E-state index is 12.3. The molecule has 1 aromatic rings. The highest BCUT2D eigenvalue weighted by atomic mass is 79.9. The van der Waals surface area contributed by atoms with Gasteiger partial charge in [0.25, 0.3) is 5.91 Å². The number of aliphatic hydroxyl groups excluding tert-OH is 1. The molecule has 1 aromatic carbocycles. The number of rotatable bonds is 2. The standard InChI is InChI=1S/C12H15BrN2O2/c13-11-9(4-1-5-10(11)14)12(17)15-6-2-3-8(15)7-16/h1,4-5,8,16H,2-3,6-7,14H2/t8-/m1/s1. The van der Waals surface area contributed by atoms with Crippen LogP contribution in [0.5, 0.6) is 0 Å². The molecule has 0 saturated carbocycles. The molecule has 0 spiro atoms. The van der Waals surface area contributed by atoms with Gasteiger partial charge in [0.05, 0.1) is 22.7 Å². The average Bonchev–Trinajstić information content (AvgIpc) is 2.80. The highest BCUT2D eigenvalue weighted by molar-refractivity contribution is 9.10. The summed E-state index contributed by atoms with van der Waals surface area (Å²) in [7, 11) is 0. The Labute approximate surface area is 109 Å². The number of nitrogens with two attached hydrogens (primary N) is 1. The fraction of sp³-hybridized carbons (Fsp3) is 0.417. The number of nitrogens with zero attached hydrogens (tertiary/aromatic N) is 1. The summed E-state index contributed by atoms with van der Waals surface area (Å²) in [5.41, 5.74) is 6.87. The Hall–Kier alpha value is -1.07. The van der Waals surface area contributed by atoms with E-state index in [0.29, 0.717) is 22.3 Å². The normalized spacial score (nSPS) is 19.6. The Kier molecular flexibility index (Phi) is 3.69. The van der Waals surface area contributed by atoms with Crippen molar-refractivity contribution in [1.29, 1.82) is 0 Å². The SMILES string of the molecule is Nc1cccc(C(=O)N2CCC[C@@H]2CO)c1Br. The maximum Gasteiger partial charge on any atom is 0.255 e. The second-order valence-electron chi connectivity index (χ2n) is 4.19. The zero-order valence-electron chi connectivity index (χ0n) is 9.40. The van der Waals surface area contributed by atoms with Gasteiger partial charge in [-0.3, -0.25) is 4.79 Å². The lowest BCUT2D eigenvalue weighted by atomic mass is 10.1. The average molecular weight is 299 g/mol. The van der Waals surface area contributed by atoms with Gasteiger partial charge < -0.3 is 15.7 Å². The lowest BCUT2D eigenvalue weighted by molar-refractivity contribution is 0.0677. The van der Waals surface area contributed by atoms with Crippen LogP contribution in [-0.4, -0.2) is 35.1 Å². The van der Waals surface area contributed by atoms with E-state index in [0.717, 1.165) is 12.8 Å². The summed E-state index contributed by atoms with van der Waals surface area (Å²) >= 11 is 3.33. The molecule has 1 aliphatic rings. The molecule has 1 amide bonds. The van der Waals surface area contributed by atoms with E-state index in [1.165, 1.54) is 0 Å². The van der Waals surface area contributed by atoms with E-state index in [1.54, 1.807) is 23.1 Å². The molecule has 1 aliphatic heterocycles. The molecule has 92 valence electrons. The highest BCUT2D eigenvalue weighted by Gasteiger charge is 2.29. The number of amides is 1. The van der Waals surface area contributed by atoms with Gasteiger partial charge in [-0.05, 0) is 40.9 Å². The molecule has 3 N–H and O–H groups in total. The van der Waals surface area contributed by atoms with Crippen LogP contribution in [0.15, 0.2) is 22.7 Å². The Morgan fingerprint density at radius 2 is 2.35 bits per heavy atom. The molecule has 0 aromatic heterocycles. The van der Waals surface area contributed by atoms with Crippen LogP contribution in [0.1, 0.15) is 23.2 Å². The number of aliphatic hydroxyl groups is 1. The monoisotopic (exact) mass is 298 g/mol. The Morgan fingerprint density at radius 3 is 3.06 bits per heavy atom. The van der Waals surface area contributed by atoms with Gasteiger partial charge in [-0.1, -0.05) is 6.07 Å². The number of benzene rings is 1. The van der Waals surface area contributed by atoms with E-state index < -0.39 is 0 Å². The number of likely N-dealkylation sites (tertiary alicyclic amines) is 1. The third kappa shape index (κ3) is 2.30. The molecule has 2 rings (SSSR count). The van der Waals surface area contributed by atoms with Crippen LogP contribution in [0, 0.1) is 0 Å². The van der Waals surface area contributed by atoms with Crippen molar-refractivity contribution in [3.05, 3.63) is 28.2 Å². The second-order valence-corrected chi connectivity index (χ2v) is 4.98. The van der Waals surface area contributed by atoms with Crippen LogP contribution in [0.25, 0.3) is 0 Å². The topological polar surface area (TPSA) is 66.6 Å². The smallest absolute Gasteiger partial charge is 0.255 e. The summed E-state index contributed by atoms with van der Waals surface area (Å²) in [5, 5.41) is 9.23. The first-order chi connectivity index (χ1) is 8.15. The lowest BCUT2D eigenvalue weighted by Crippen LogP contribution is -2.37. The largest absolute Gasteiger partial charge is 0.398 e. The molecule has 1 heterocycles. The fourth-order valence-corrected chi connectivity index (χ4v) is 2.60. The van der Waals surface area contributed by atoms with Crippen molar-refractivity contribution in [2.75, 3.05) is 18.9 Å². The van der Waals surface area contributed by atoms with Crippen molar-refractivity contribution >= 4 is 27.5 Å². The lowest BCUT2D eigenvalue weighted by Gasteiger charge is -2.23. The number of hydrogen-bond acceptors (Lipinski definition) is 3. The van der Waals surface area contributed by atoms with Crippen LogP contribution in [-0.2, 0) is 0 Å². The van der Waals surface area contributed by atoms with E-state index in [2.05, 4.69) is 15.9 Å². The summed E-state index contributed by atoms with van der Waals surface area (Å²) in [5.74, 6) is -0.0688. The van der Waals surface area contributed by atoms with E-state index in [9.17, 15) is 9.90 Å². The van der Waals surface area contributed by atoms with Crippen molar-refractivity contribution in [3.8, 4) is 0 Å². The molecule has 0 unspecified atom stereocenters. The predicted octanol–water partition coefficient (Wildman–Crippen LogP) is 1.63. The first-order valence-corrected chi connectivity index (χ1v) is 6.40. The summed E-state index contributed by atoms with van der Waals surface area (Å²) in [6.45, 7) is 0.719. The minimum atomic E-state index is -0.0688.